The molecule has 1 aromatic carbocycles. The van der Waals surface area contributed by atoms with Crippen LogP contribution in [0.15, 0.2) is 30.5 Å². The van der Waals surface area contributed by atoms with Crippen LogP contribution in [0.25, 0.3) is 0 Å². The lowest BCUT2D eigenvalue weighted by Crippen LogP contribution is -2.13. The summed E-state index contributed by atoms with van der Waals surface area (Å²) in [6.07, 6.45) is 1.12. The zero-order valence-corrected chi connectivity index (χ0v) is 10.9. The molecule has 1 heterocycles. The fraction of sp³-hybridized carbons (Fsp3) is 0.0769. The zero-order chi connectivity index (χ0) is 15.6. The van der Waals surface area contributed by atoms with Gasteiger partial charge in [-0.15, -0.1) is 0 Å². The highest BCUT2D eigenvalue weighted by molar-refractivity contribution is 6.04. The molecule has 0 radical (unpaired) electrons. The average Bonchev–Trinajstić information content (AvgIpc) is 2.90. The molecule has 1 aromatic heterocycles. The van der Waals surface area contributed by atoms with Crippen molar-refractivity contribution in [2.45, 2.75) is 6.92 Å². The Morgan fingerprint density at radius 3 is 2.57 bits per heavy atom. The largest absolute Gasteiger partial charge is 0.478 e. The van der Waals surface area contributed by atoms with E-state index in [2.05, 4.69) is 10.3 Å². The van der Waals surface area contributed by atoms with Crippen LogP contribution in [0.4, 0.5) is 11.4 Å². The van der Waals surface area contributed by atoms with Gasteiger partial charge in [-0.05, 0) is 30.7 Å². The molecule has 0 saturated carbocycles. The number of rotatable bonds is 4. The van der Waals surface area contributed by atoms with Crippen molar-refractivity contribution in [1.29, 1.82) is 0 Å². The topological polar surface area (TPSA) is 125 Å². The van der Waals surface area contributed by atoms with Crippen molar-refractivity contribution < 1.29 is 19.6 Å². The third-order valence-corrected chi connectivity index (χ3v) is 2.84. The van der Waals surface area contributed by atoms with Crippen molar-refractivity contribution >= 4 is 23.3 Å². The third kappa shape index (κ3) is 3.06. The molecule has 8 heteroatoms. The normalized spacial score (nSPS) is 10.1. The summed E-state index contributed by atoms with van der Waals surface area (Å²) in [5, 5.41) is 22.0. The van der Waals surface area contributed by atoms with Gasteiger partial charge in [0, 0.05) is 11.8 Å². The smallest absolute Gasteiger partial charge is 0.335 e. The Bertz CT molecular complexity index is 735. The van der Waals surface area contributed by atoms with E-state index in [1.54, 1.807) is 6.92 Å². The Morgan fingerprint density at radius 1 is 1.33 bits per heavy atom. The predicted octanol–water partition coefficient (Wildman–Crippen LogP) is 2.18. The summed E-state index contributed by atoms with van der Waals surface area (Å²) in [6, 6.07) is 5.38. The number of carbonyl (C=O) groups excluding carboxylic acids is 1. The first-order valence-electron chi connectivity index (χ1n) is 5.86. The molecular weight excluding hydrogens is 278 g/mol. The quantitative estimate of drug-likeness (QED) is 0.587. The Hall–Kier alpha value is -3.16. The number of carbonyl (C=O) groups is 2. The summed E-state index contributed by atoms with van der Waals surface area (Å²) in [5.41, 5.74) is 0.953. The van der Waals surface area contributed by atoms with Crippen molar-refractivity contribution in [3.05, 3.63) is 57.4 Å². The Kier molecular flexibility index (Phi) is 3.70. The molecule has 0 aliphatic heterocycles. The number of nitrogens with one attached hydrogen (secondary N) is 2. The van der Waals surface area contributed by atoms with Crippen molar-refractivity contribution in [3.8, 4) is 0 Å². The molecule has 0 bridgehead atoms. The summed E-state index contributed by atoms with van der Waals surface area (Å²) >= 11 is 0. The molecule has 3 N–H and O–H groups in total. The minimum absolute atomic E-state index is 0.0448. The number of carboxylic acids is 1. The van der Waals surface area contributed by atoms with Crippen LogP contribution < -0.4 is 5.32 Å². The van der Waals surface area contributed by atoms with Crippen LogP contribution in [0.1, 0.15) is 26.4 Å². The maximum atomic E-state index is 11.9. The maximum absolute atomic E-state index is 11.9. The van der Waals surface area contributed by atoms with Crippen LogP contribution in [0.2, 0.25) is 0 Å². The lowest BCUT2D eigenvalue weighted by molar-refractivity contribution is -0.384. The van der Waals surface area contributed by atoms with E-state index in [-0.39, 0.29) is 16.9 Å². The molecule has 0 atom stereocenters. The van der Waals surface area contributed by atoms with Gasteiger partial charge in [0.2, 0.25) is 0 Å². The second-order valence-corrected chi connectivity index (χ2v) is 4.32. The van der Waals surface area contributed by atoms with Gasteiger partial charge in [0.15, 0.2) is 0 Å². The van der Waals surface area contributed by atoms with Crippen molar-refractivity contribution in [1.82, 2.24) is 4.98 Å². The predicted molar refractivity (Wildman–Crippen MR) is 73.5 cm³/mol. The van der Waals surface area contributed by atoms with Gasteiger partial charge in [-0.1, -0.05) is 0 Å². The van der Waals surface area contributed by atoms with Crippen LogP contribution in [-0.4, -0.2) is 26.9 Å². The maximum Gasteiger partial charge on any atom is 0.335 e. The summed E-state index contributed by atoms with van der Waals surface area (Å²) in [7, 11) is 0. The standard InChI is InChI=1S/C13H11N3O5/c1-7-4-8(13(18)19)2-3-10(7)15-12(17)11-5-9(6-14-11)16(20)21/h2-6,14H,1H3,(H,15,17)(H,18,19). The SMILES string of the molecule is Cc1cc(C(=O)O)ccc1NC(=O)c1cc([N+](=O)[O-])c[nH]1. The van der Waals surface area contributed by atoms with Crippen molar-refractivity contribution in [2.75, 3.05) is 5.32 Å². The number of aromatic nitrogens is 1. The number of aromatic carboxylic acids is 1. The van der Waals surface area contributed by atoms with E-state index >= 15 is 0 Å². The number of aryl methyl sites for hydroxylation is 1. The number of hydrogen-bond acceptors (Lipinski definition) is 4. The molecule has 8 nitrogen and oxygen atoms in total. The molecule has 0 aliphatic rings. The van der Waals surface area contributed by atoms with E-state index in [0.29, 0.717) is 11.3 Å². The number of nitro groups is 1. The van der Waals surface area contributed by atoms with E-state index in [9.17, 15) is 19.7 Å². The van der Waals surface area contributed by atoms with Crippen LogP contribution in [-0.2, 0) is 0 Å². The number of aromatic amines is 1. The summed E-state index contributed by atoms with van der Waals surface area (Å²) in [6.45, 7) is 1.65. The Morgan fingerprint density at radius 2 is 2.05 bits per heavy atom. The summed E-state index contributed by atoms with van der Waals surface area (Å²) in [5.74, 6) is -1.61. The summed E-state index contributed by atoms with van der Waals surface area (Å²) in [4.78, 5) is 35.2. The number of anilines is 1. The Balaban J connectivity index is 2.19. The van der Waals surface area contributed by atoms with Gasteiger partial charge in [0.05, 0.1) is 16.7 Å². The molecule has 21 heavy (non-hydrogen) atoms. The zero-order valence-electron chi connectivity index (χ0n) is 10.9. The molecular formula is C13H11N3O5. The summed E-state index contributed by atoms with van der Waals surface area (Å²) < 4.78 is 0. The van der Waals surface area contributed by atoms with Crippen LogP contribution >= 0.6 is 0 Å². The van der Waals surface area contributed by atoms with Gasteiger partial charge in [0.1, 0.15) is 5.69 Å². The molecule has 1 amide bonds. The number of nitrogens with zero attached hydrogens (tertiary/aromatic N) is 1. The van der Waals surface area contributed by atoms with Crippen LogP contribution in [0, 0.1) is 17.0 Å². The first-order valence-corrected chi connectivity index (χ1v) is 5.86. The molecule has 0 spiro atoms. The number of H-pyrrole nitrogens is 1. The third-order valence-electron chi connectivity index (χ3n) is 2.84. The monoisotopic (exact) mass is 289 g/mol. The highest BCUT2D eigenvalue weighted by Gasteiger charge is 2.15. The van der Waals surface area contributed by atoms with Gasteiger partial charge >= 0.3 is 5.97 Å². The second kappa shape index (κ2) is 5.45. The van der Waals surface area contributed by atoms with Crippen molar-refractivity contribution in [2.24, 2.45) is 0 Å². The molecule has 0 fully saturated rings. The van der Waals surface area contributed by atoms with E-state index < -0.39 is 16.8 Å². The minimum Gasteiger partial charge on any atom is -0.478 e. The van der Waals surface area contributed by atoms with E-state index in [1.165, 1.54) is 18.2 Å². The number of benzene rings is 1. The highest BCUT2D eigenvalue weighted by atomic mass is 16.6. The second-order valence-electron chi connectivity index (χ2n) is 4.32. The number of amides is 1. The van der Waals surface area contributed by atoms with E-state index in [0.717, 1.165) is 12.3 Å². The van der Waals surface area contributed by atoms with E-state index in [1.807, 2.05) is 0 Å². The van der Waals surface area contributed by atoms with Crippen LogP contribution in [0.3, 0.4) is 0 Å². The molecule has 108 valence electrons. The van der Waals surface area contributed by atoms with Crippen molar-refractivity contribution in [3.63, 3.8) is 0 Å². The Labute approximate surface area is 118 Å². The molecule has 0 unspecified atom stereocenters. The van der Waals surface area contributed by atoms with Gasteiger partial charge in [0.25, 0.3) is 11.6 Å². The first-order chi connectivity index (χ1) is 9.88. The molecule has 2 aromatic rings. The number of carboxylic acid groups (broad SMARTS) is 1. The first kappa shape index (κ1) is 14.3. The molecule has 0 aliphatic carbocycles. The minimum atomic E-state index is -1.06. The van der Waals surface area contributed by atoms with E-state index in [4.69, 9.17) is 5.11 Å². The number of hydrogen-bond donors (Lipinski definition) is 3. The van der Waals surface area contributed by atoms with Gasteiger partial charge < -0.3 is 15.4 Å². The van der Waals surface area contributed by atoms with Crippen LogP contribution in [0.5, 0.6) is 0 Å². The lowest BCUT2D eigenvalue weighted by Gasteiger charge is -2.08. The lowest BCUT2D eigenvalue weighted by atomic mass is 10.1. The highest BCUT2D eigenvalue weighted by Crippen LogP contribution is 2.19. The fourth-order valence-corrected chi connectivity index (χ4v) is 1.75. The molecule has 0 saturated heterocycles. The van der Waals surface area contributed by atoms with Gasteiger partial charge in [-0.2, -0.15) is 0 Å². The van der Waals surface area contributed by atoms with Gasteiger partial charge in [-0.3, -0.25) is 14.9 Å². The fourth-order valence-electron chi connectivity index (χ4n) is 1.75. The molecule has 2 rings (SSSR count). The average molecular weight is 289 g/mol. The van der Waals surface area contributed by atoms with Gasteiger partial charge in [-0.25, -0.2) is 4.79 Å².